The Bertz CT molecular complexity index is 572. The maximum absolute atomic E-state index is 13.5. The first kappa shape index (κ1) is 19.8. The van der Waals surface area contributed by atoms with Crippen LogP contribution >= 0.6 is 23.2 Å². The van der Waals surface area contributed by atoms with E-state index in [1.807, 2.05) is 20.8 Å². The van der Waals surface area contributed by atoms with Gasteiger partial charge in [-0.25, -0.2) is 4.79 Å². The highest BCUT2D eigenvalue weighted by Gasteiger charge is 2.32. The van der Waals surface area contributed by atoms with Gasteiger partial charge in [-0.3, -0.25) is 0 Å². The zero-order valence-corrected chi connectivity index (χ0v) is 15.1. The van der Waals surface area contributed by atoms with E-state index >= 15 is 0 Å². The number of nitrogen functional groups attached to an aromatic ring is 1. The number of carbonyl (C=O) groups excluding carboxylic acids is 1. The van der Waals surface area contributed by atoms with Crippen LogP contribution in [0.3, 0.4) is 0 Å². The van der Waals surface area contributed by atoms with Crippen molar-refractivity contribution in [3.05, 3.63) is 16.0 Å². The Morgan fingerprint density at radius 3 is 2.26 bits per heavy atom. The second-order valence-corrected chi connectivity index (χ2v) is 5.93. The van der Waals surface area contributed by atoms with Gasteiger partial charge in [0.1, 0.15) is 15.6 Å². The maximum Gasteiger partial charge on any atom is 0.347 e. The van der Waals surface area contributed by atoms with Crippen molar-refractivity contribution in [3.63, 3.8) is 0 Å². The van der Waals surface area contributed by atoms with Crippen molar-refractivity contribution in [3.8, 4) is 5.88 Å². The number of halogens is 3. The predicted molar refractivity (Wildman–Crippen MR) is 88.4 cm³/mol. The third kappa shape index (κ3) is 4.38. The standard InChI is InChI=1S/C15H21Cl2FN2O3/c1-5-15(6-2,7-3)23-14(21)8(4)22-13-10(17)11(19)9(16)12(18)20-13/h8H,5-7H2,1-4H3,(H2,19,20)/t8-/m1/s1. The number of hydrogen-bond acceptors (Lipinski definition) is 5. The topological polar surface area (TPSA) is 74.4 Å². The molecule has 8 heteroatoms. The molecule has 0 saturated heterocycles. The molecule has 0 spiro atoms. The zero-order valence-electron chi connectivity index (χ0n) is 13.6. The smallest absolute Gasteiger partial charge is 0.347 e. The van der Waals surface area contributed by atoms with Crippen molar-refractivity contribution >= 4 is 34.9 Å². The fraction of sp³-hybridized carbons (Fsp3) is 0.600. The number of rotatable bonds is 7. The van der Waals surface area contributed by atoms with Gasteiger partial charge in [0.15, 0.2) is 6.10 Å². The van der Waals surface area contributed by atoms with Gasteiger partial charge in [-0.1, -0.05) is 44.0 Å². The second kappa shape index (κ2) is 8.02. The van der Waals surface area contributed by atoms with E-state index in [2.05, 4.69) is 4.98 Å². The fourth-order valence-electron chi connectivity index (χ4n) is 2.07. The molecule has 1 aromatic rings. The van der Waals surface area contributed by atoms with Crippen molar-refractivity contribution in [1.29, 1.82) is 0 Å². The summed E-state index contributed by atoms with van der Waals surface area (Å²) >= 11 is 11.5. The number of hydrogen-bond donors (Lipinski definition) is 1. The Kier molecular flexibility index (Phi) is 6.89. The summed E-state index contributed by atoms with van der Waals surface area (Å²) in [4.78, 5) is 15.7. The third-order valence-electron chi connectivity index (χ3n) is 3.91. The van der Waals surface area contributed by atoms with Crippen molar-refractivity contribution in [1.82, 2.24) is 4.98 Å². The molecule has 5 nitrogen and oxygen atoms in total. The Labute approximate surface area is 145 Å². The summed E-state index contributed by atoms with van der Waals surface area (Å²) in [5.74, 6) is -1.90. The lowest BCUT2D eigenvalue weighted by Crippen LogP contribution is -2.38. The molecule has 1 aromatic heterocycles. The summed E-state index contributed by atoms with van der Waals surface area (Å²) in [7, 11) is 0. The average molecular weight is 367 g/mol. The molecule has 23 heavy (non-hydrogen) atoms. The van der Waals surface area contributed by atoms with Crippen LogP contribution in [0.4, 0.5) is 10.1 Å². The second-order valence-electron chi connectivity index (χ2n) is 5.17. The van der Waals surface area contributed by atoms with Crippen molar-refractivity contribution < 1.29 is 18.7 Å². The molecule has 0 fully saturated rings. The normalized spacial score (nSPS) is 12.8. The number of nitrogens with two attached hydrogens (primary N) is 1. The third-order valence-corrected chi connectivity index (χ3v) is 4.64. The van der Waals surface area contributed by atoms with Crippen LogP contribution in [0.5, 0.6) is 5.88 Å². The first-order chi connectivity index (χ1) is 10.7. The van der Waals surface area contributed by atoms with Crippen LogP contribution in [0, 0.1) is 5.95 Å². The van der Waals surface area contributed by atoms with Crippen LogP contribution in [-0.2, 0) is 9.53 Å². The lowest BCUT2D eigenvalue weighted by Gasteiger charge is -2.31. The highest BCUT2D eigenvalue weighted by molar-refractivity contribution is 6.39. The summed E-state index contributed by atoms with van der Waals surface area (Å²) in [5, 5.41) is -0.539. The molecule has 0 saturated carbocycles. The molecule has 1 rings (SSSR count). The van der Waals surface area contributed by atoms with E-state index in [9.17, 15) is 9.18 Å². The molecule has 130 valence electrons. The van der Waals surface area contributed by atoms with Crippen LogP contribution < -0.4 is 10.5 Å². The molecule has 1 atom stereocenters. The fourth-order valence-corrected chi connectivity index (χ4v) is 2.43. The maximum atomic E-state index is 13.5. The van der Waals surface area contributed by atoms with E-state index in [0.29, 0.717) is 19.3 Å². The SMILES string of the molecule is CCC(CC)(CC)OC(=O)[C@@H](C)Oc1nc(F)c(Cl)c(N)c1Cl. The number of esters is 1. The van der Waals surface area contributed by atoms with Crippen molar-refractivity contribution in [2.75, 3.05) is 5.73 Å². The summed E-state index contributed by atoms with van der Waals surface area (Å²) in [6, 6.07) is 0. The molecule has 0 bridgehead atoms. The van der Waals surface area contributed by atoms with Crippen LogP contribution in [0.15, 0.2) is 0 Å². The molecule has 0 radical (unpaired) electrons. The van der Waals surface area contributed by atoms with Gasteiger partial charge in [-0.05, 0) is 26.2 Å². The monoisotopic (exact) mass is 366 g/mol. The lowest BCUT2D eigenvalue weighted by molar-refractivity contribution is -0.169. The molecule has 0 aromatic carbocycles. The number of aromatic nitrogens is 1. The van der Waals surface area contributed by atoms with E-state index in [0.717, 1.165) is 0 Å². The quantitative estimate of drug-likeness (QED) is 0.572. The molecule has 2 N–H and O–H groups in total. The highest BCUT2D eigenvalue weighted by atomic mass is 35.5. The van der Waals surface area contributed by atoms with Crippen LogP contribution in [0.1, 0.15) is 47.0 Å². The predicted octanol–water partition coefficient (Wildman–Crippen LogP) is 4.39. The molecule has 1 heterocycles. The Morgan fingerprint density at radius 1 is 1.26 bits per heavy atom. The molecular formula is C15H21Cl2FN2O3. The van der Waals surface area contributed by atoms with Gasteiger partial charge >= 0.3 is 5.97 Å². The van der Waals surface area contributed by atoms with Crippen LogP contribution in [0.2, 0.25) is 10.0 Å². The van der Waals surface area contributed by atoms with Crippen LogP contribution in [0.25, 0.3) is 0 Å². The summed E-state index contributed by atoms with van der Waals surface area (Å²) < 4.78 is 24.4. The number of ether oxygens (including phenoxy) is 2. The summed E-state index contributed by atoms with van der Waals surface area (Å²) in [5.41, 5.74) is 4.82. The van der Waals surface area contributed by atoms with E-state index in [-0.39, 0.29) is 21.6 Å². The Balaban J connectivity index is 2.92. The number of pyridine rings is 1. The molecule has 0 aliphatic heterocycles. The zero-order chi connectivity index (χ0) is 17.8. The minimum absolute atomic E-state index is 0.149. The molecule has 0 unspecified atom stereocenters. The Hall–Kier alpha value is -1.27. The average Bonchev–Trinajstić information content (AvgIpc) is 2.55. The highest BCUT2D eigenvalue weighted by Crippen LogP contribution is 2.36. The molecule has 0 aliphatic rings. The summed E-state index contributed by atoms with van der Waals surface area (Å²) in [6.45, 7) is 7.30. The van der Waals surface area contributed by atoms with E-state index in [1.54, 1.807) is 0 Å². The van der Waals surface area contributed by atoms with E-state index in [1.165, 1.54) is 6.92 Å². The first-order valence-electron chi connectivity index (χ1n) is 7.40. The van der Waals surface area contributed by atoms with E-state index in [4.69, 9.17) is 38.4 Å². The van der Waals surface area contributed by atoms with Crippen molar-refractivity contribution in [2.45, 2.75) is 58.7 Å². The molecule has 0 aliphatic carbocycles. The van der Waals surface area contributed by atoms with Gasteiger partial charge in [0.25, 0.3) is 0 Å². The molecular weight excluding hydrogens is 346 g/mol. The van der Waals surface area contributed by atoms with Gasteiger partial charge in [0.2, 0.25) is 11.8 Å². The Morgan fingerprint density at radius 2 is 1.78 bits per heavy atom. The van der Waals surface area contributed by atoms with Gasteiger partial charge in [-0.15, -0.1) is 0 Å². The number of carbonyl (C=O) groups is 1. The van der Waals surface area contributed by atoms with Gasteiger partial charge in [0, 0.05) is 0 Å². The molecule has 0 amide bonds. The minimum Gasteiger partial charge on any atom is -0.461 e. The minimum atomic E-state index is -1.02. The first-order valence-corrected chi connectivity index (χ1v) is 8.16. The number of anilines is 1. The summed E-state index contributed by atoms with van der Waals surface area (Å²) in [6.07, 6.45) is 1.02. The number of nitrogens with zero attached hydrogens (tertiary/aromatic N) is 1. The van der Waals surface area contributed by atoms with Gasteiger partial charge in [0.05, 0.1) is 5.69 Å². The van der Waals surface area contributed by atoms with Crippen LogP contribution in [-0.4, -0.2) is 22.7 Å². The van der Waals surface area contributed by atoms with Gasteiger partial charge < -0.3 is 15.2 Å². The van der Waals surface area contributed by atoms with E-state index < -0.39 is 23.6 Å². The van der Waals surface area contributed by atoms with Gasteiger partial charge in [-0.2, -0.15) is 9.37 Å². The lowest BCUT2D eigenvalue weighted by atomic mass is 9.94. The largest absolute Gasteiger partial charge is 0.461 e. The van der Waals surface area contributed by atoms with Crippen molar-refractivity contribution in [2.24, 2.45) is 0 Å².